The van der Waals surface area contributed by atoms with E-state index < -0.39 is 0 Å². The lowest BCUT2D eigenvalue weighted by Crippen LogP contribution is -2.43. The molecule has 0 spiro atoms. The van der Waals surface area contributed by atoms with E-state index in [-0.39, 0.29) is 24.2 Å². The largest absolute Gasteiger partial charge is 0.493 e. The number of nitrogens with one attached hydrogen (secondary N) is 1. The normalized spacial score (nSPS) is 13.5. The number of aromatic nitrogens is 1. The standard InChI is InChI=1S/C25H26N4O5S2/c1-32-22-13-18(7-8-21(22)34-15-24(31)29-9-11-33-12-10-29)14-26-28-23(30)17-36-25-27-20(16-35-25)19-5-3-2-4-6-19/h2-8,13-14,16H,9-12,15,17H2,1H3,(H,28,30)/b26-14+. The van der Waals surface area contributed by atoms with Gasteiger partial charge in [0.1, 0.15) is 0 Å². The molecular weight excluding hydrogens is 500 g/mol. The molecule has 4 rings (SSSR count). The van der Waals surface area contributed by atoms with Gasteiger partial charge in [-0.2, -0.15) is 5.10 Å². The summed E-state index contributed by atoms with van der Waals surface area (Å²) in [7, 11) is 1.52. The van der Waals surface area contributed by atoms with Gasteiger partial charge in [-0.15, -0.1) is 11.3 Å². The van der Waals surface area contributed by atoms with Gasteiger partial charge in [-0.25, -0.2) is 10.4 Å². The molecule has 2 heterocycles. The highest BCUT2D eigenvalue weighted by Gasteiger charge is 2.18. The Balaban J connectivity index is 1.24. The molecule has 1 aliphatic heterocycles. The number of nitrogens with zero attached hydrogens (tertiary/aromatic N) is 3. The van der Waals surface area contributed by atoms with Crippen LogP contribution in [0.2, 0.25) is 0 Å². The molecule has 3 aromatic rings. The number of hydrazone groups is 1. The van der Waals surface area contributed by atoms with Crippen LogP contribution < -0.4 is 14.9 Å². The molecule has 0 aliphatic carbocycles. The molecular formula is C25H26N4O5S2. The molecule has 2 amide bonds. The minimum Gasteiger partial charge on any atom is -0.493 e. The van der Waals surface area contributed by atoms with Gasteiger partial charge in [-0.3, -0.25) is 9.59 Å². The number of carbonyl (C=O) groups excluding carboxylic acids is 2. The fourth-order valence-corrected chi connectivity index (χ4v) is 4.96. The topological polar surface area (TPSA) is 102 Å². The summed E-state index contributed by atoms with van der Waals surface area (Å²) in [6, 6.07) is 15.1. The number of carbonyl (C=O) groups is 2. The van der Waals surface area contributed by atoms with Gasteiger partial charge >= 0.3 is 0 Å². The van der Waals surface area contributed by atoms with Crippen LogP contribution >= 0.6 is 23.1 Å². The van der Waals surface area contributed by atoms with Crippen LogP contribution in [0, 0.1) is 0 Å². The average Bonchev–Trinajstić information content (AvgIpc) is 3.41. The van der Waals surface area contributed by atoms with Crippen LogP contribution in [0.5, 0.6) is 11.5 Å². The first-order chi connectivity index (χ1) is 17.6. The highest BCUT2D eigenvalue weighted by molar-refractivity contribution is 8.01. The number of thioether (sulfide) groups is 1. The molecule has 9 nitrogen and oxygen atoms in total. The Labute approximate surface area is 217 Å². The predicted octanol–water partition coefficient (Wildman–Crippen LogP) is 3.30. The molecule has 0 atom stereocenters. The van der Waals surface area contributed by atoms with E-state index in [0.717, 1.165) is 15.6 Å². The van der Waals surface area contributed by atoms with E-state index in [9.17, 15) is 9.59 Å². The van der Waals surface area contributed by atoms with Crippen LogP contribution in [0.15, 0.2) is 63.4 Å². The molecule has 1 fully saturated rings. The number of thiazole rings is 1. The second kappa shape index (κ2) is 13.1. The lowest BCUT2D eigenvalue weighted by molar-refractivity contribution is -0.137. The van der Waals surface area contributed by atoms with Crippen molar-refractivity contribution in [2.45, 2.75) is 4.34 Å². The van der Waals surface area contributed by atoms with Crippen molar-refractivity contribution in [3.63, 3.8) is 0 Å². The lowest BCUT2D eigenvalue weighted by Gasteiger charge is -2.26. The maximum absolute atomic E-state index is 12.3. The van der Waals surface area contributed by atoms with Gasteiger partial charge in [0.25, 0.3) is 11.8 Å². The van der Waals surface area contributed by atoms with Crippen LogP contribution in [0.4, 0.5) is 0 Å². The second-order valence-corrected chi connectivity index (χ2v) is 9.72. The third-order valence-electron chi connectivity index (χ3n) is 5.18. The van der Waals surface area contributed by atoms with E-state index >= 15 is 0 Å². The molecule has 1 saturated heterocycles. The van der Waals surface area contributed by atoms with E-state index in [1.165, 1.54) is 36.4 Å². The summed E-state index contributed by atoms with van der Waals surface area (Å²) in [5, 5.41) is 6.00. The fourth-order valence-electron chi connectivity index (χ4n) is 3.33. The van der Waals surface area contributed by atoms with E-state index in [0.29, 0.717) is 43.4 Å². The van der Waals surface area contributed by atoms with Crippen molar-refractivity contribution in [1.29, 1.82) is 0 Å². The summed E-state index contributed by atoms with van der Waals surface area (Å²) < 4.78 is 17.1. The zero-order valence-corrected chi connectivity index (χ0v) is 21.3. The number of morpholine rings is 1. The van der Waals surface area contributed by atoms with E-state index in [1.54, 1.807) is 23.1 Å². The Bertz CT molecular complexity index is 1200. The molecule has 11 heteroatoms. The van der Waals surface area contributed by atoms with Crippen LogP contribution in [0.25, 0.3) is 11.3 Å². The molecule has 1 aromatic heterocycles. The zero-order chi connectivity index (χ0) is 25.2. The van der Waals surface area contributed by atoms with E-state index in [4.69, 9.17) is 14.2 Å². The zero-order valence-electron chi connectivity index (χ0n) is 19.7. The predicted molar refractivity (Wildman–Crippen MR) is 140 cm³/mol. The van der Waals surface area contributed by atoms with Crippen molar-refractivity contribution in [2.24, 2.45) is 5.10 Å². The molecule has 1 N–H and O–H groups in total. The Morgan fingerprint density at radius 2 is 2.00 bits per heavy atom. The summed E-state index contributed by atoms with van der Waals surface area (Å²) in [6.45, 7) is 2.13. The van der Waals surface area contributed by atoms with Gasteiger partial charge in [0, 0.05) is 24.0 Å². The van der Waals surface area contributed by atoms with Gasteiger partial charge < -0.3 is 19.1 Å². The minimum atomic E-state index is -0.235. The minimum absolute atomic E-state index is 0.0799. The summed E-state index contributed by atoms with van der Waals surface area (Å²) in [4.78, 5) is 30.8. The number of rotatable bonds is 10. The first-order valence-electron chi connectivity index (χ1n) is 11.2. The van der Waals surface area contributed by atoms with Gasteiger partial charge in [0.2, 0.25) is 0 Å². The van der Waals surface area contributed by atoms with Gasteiger partial charge in [-0.05, 0) is 23.8 Å². The molecule has 0 radical (unpaired) electrons. The third kappa shape index (κ3) is 7.30. The summed E-state index contributed by atoms with van der Waals surface area (Å²) in [5.74, 6) is 0.789. The van der Waals surface area contributed by atoms with Gasteiger partial charge in [0.05, 0.1) is 38.0 Å². The van der Waals surface area contributed by atoms with Crippen molar-refractivity contribution in [3.8, 4) is 22.8 Å². The van der Waals surface area contributed by atoms with Crippen LogP contribution in [0.1, 0.15) is 5.56 Å². The Hall–Kier alpha value is -3.41. The van der Waals surface area contributed by atoms with E-state index in [1.807, 2.05) is 35.7 Å². The molecule has 188 valence electrons. The van der Waals surface area contributed by atoms with Crippen LogP contribution in [-0.2, 0) is 14.3 Å². The van der Waals surface area contributed by atoms with Gasteiger partial charge in [-0.1, -0.05) is 42.1 Å². The molecule has 36 heavy (non-hydrogen) atoms. The van der Waals surface area contributed by atoms with Gasteiger partial charge in [0.15, 0.2) is 22.4 Å². The van der Waals surface area contributed by atoms with Crippen LogP contribution in [-0.4, -0.2) is 73.7 Å². The monoisotopic (exact) mass is 526 g/mol. The molecule has 0 bridgehead atoms. The Kier molecular flexibility index (Phi) is 9.31. The van der Waals surface area contributed by atoms with Crippen LogP contribution in [0.3, 0.4) is 0 Å². The number of hydrogen-bond donors (Lipinski definition) is 1. The first-order valence-corrected chi connectivity index (χ1v) is 13.1. The van der Waals surface area contributed by atoms with Crippen molar-refractivity contribution < 1.29 is 23.8 Å². The van der Waals surface area contributed by atoms with Crippen molar-refractivity contribution in [1.82, 2.24) is 15.3 Å². The van der Waals surface area contributed by atoms with Crippen molar-refractivity contribution >= 4 is 41.1 Å². The molecule has 1 aliphatic rings. The maximum atomic E-state index is 12.3. The third-order valence-corrected chi connectivity index (χ3v) is 7.21. The molecule has 0 saturated carbocycles. The lowest BCUT2D eigenvalue weighted by atomic mass is 10.2. The first kappa shape index (κ1) is 25.7. The second-order valence-electron chi connectivity index (χ2n) is 7.64. The number of benzene rings is 2. The quantitative estimate of drug-likeness (QED) is 0.246. The highest BCUT2D eigenvalue weighted by atomic mass is 32.2. The molecule has 0 unspecified atom stereocenters. The summed E-state index contributed by atoms with van der Waals surface area (Å²) >= 11 is 2.87. The highest BCUT2D eigenvalue weighted by Crippen LogP contribution is 2.29. The Morgan fingerprint density at radius 1 is 1.19 bits per heavy atom. The average molecular weight is 527 g/mol. The van der Waals surface area contributed by atoms with E-state index in [2.05, 4.69) is 15.5 Å². The summed E-state index contributed by atoms with van der Waals surface area (Å²) in [6.07, 6.45) is 1.52. The van der Waals surface area contributed by atoms with Crippen molar-refractivity contribution in [3.05, 3.63) is 59.5 Å². The smallest absolute Gasteiger partial charge is 0.260 e. The maximum Gasteiger partial charge on any atom is 0.260 e. The Morgan fingerprint density at radius 3 is 2.78 bits per heavy atom. The number of amides is 2. The SMILES string of the molecule is COc1cc(/C=N/NC(=O)CSc2nc(-c3ccccc3)cs2)ccc1OCC(=O)N1CCOCC1. The number of ether oxygens (including phenoxy) is 3. The summed E-state index contributed by atoms with van der Waals surface area (Å²) in [5.41, 5.74) is 5.17. The number of methoxy groups -OCH3 is 1. The number of hydrogen-bond acceptors (Lipinski definition) is 9. The fraction of sp³-hybridized carbons (Fsp3) is 0.280. The molecule has 2 aromatic carbocycles. The van der Waals surface area contributed by atoms with Crippen molar-refractivity contribution in [2.75, 3.05) is 45.8 Å².